The van der Waals surface area contributed by atoms with Gasteiger partial charge in [0.2, 0.25) is 5.91 Å². The van der Waals surface area contributed by atoms with Gasteiger partial charge < -0.3 is 14.1 Å². The van der Waals surface area contributed by atoms with Crippen LogP contribution >= 0.6 is 11.8 Å². The van der Waals surface area contributed by atoms with E-state index in [9.17, 15) is 4.79 Å². The Morgan fingerprint density at radius 1 is 1.03 bits per heavy atom. The van der Waals surface area contributed by atoms with Crippen LogP contribution in [-0.4, -0.2) is 57.8 Å². The SMILES string of the molecule is Cc1ccc(CN2CCCN(C(=O)CSc3nnc(COc4cccc(C)c4)o3)CC2)cc1. The number of aromatic nitrogens is 2. The van der Waals surface area contributed by atoms with E-state index < -0.39 is 0 Å². The molecule has 0 aliphatic carbocycles. The topological polar surface area (TPSA) is 71.7 Å². The van der Waals surface area contributed by atoms with Crippen molar-refractivity contribution in [2.75, 3.05) is 31.9 Å². The minimum Gasteiger partial charge on any atom is -0.484 e. The van der Waals surface area contributed by atoms with Gasteiger partial charge in [-0.25, -0.2) is 0 Å². The van der Waals surface area contributed by atoms with Crippen molar-refractivity contribution in [3.05, 3.63) is 71.1 Å². The minimum atomic E-state index is 0.105. The Morgan fingerprint density at radius 2 is 1.88 bits per heavy atom. The zero-order valence-electron chi connectivity index (χ0n) is 19.2. The normalized spacial score (nSPS) is 14.8. The lowest BCUT2D eigenvalue weighted by atomic mass is 10.1. The highest BCUT2D eigenvalue weighted by molar-refractivity contribution is 7.99. The van der Waals surface area contributed by atoms with E-state index in [1.54, 1.807) is 0 Å². The molecule has 0 bridgehead atoms. The van der Waals surface area contributed by atoms with E-state index in [0.29, 0.717) is 16.9 Å². The maximum atomic E-state index is 12.7. The fraction of sp³-hybridized carbons (Fsp3) is 0.400. The van der Waals surface area contributed by atoms with Gasteiger partial charge in [-0.2, -0.15) is 0 Å². The molecule has 0 saturated carbocycles. The molecule has 0 atom stereocenters. The van der Waals surface area contributed by atoms with Crippen LogP contribution in [0.1, 0.15) is 29.0 Å². The molecule has 0 N–H and O–H groups in total. The van der Waals surface area contributed by atoms with Gasteiger partial charge in [0.15, 0.2) is 6.61 Å². The molecule has 1 amide bonds. The molecule has 1 fully saturated rings. The average Bonchev–Trinajstić information content (AvgIpc) is 3.14. The summed E-state index contributed by atoms with van der Waals surface area (Å²) in [5.74, 6) is 1.55. The molecule has 3 aromatic rings. The molecule has 2 aromatic carbocycles. The van der Waals surface area contributed by atoms with Crippen LogP contribution in [0.2, 0.25) is 0 Å². The Morgan fingerprint density at radius 3 is 2.70 bits per heavy atom. The Kier molecular flexibility index (Phi) is 8.01. The smallest absolute Gasteiger partial charge is 0.277 e. The summed E-state index contributed by atoms with van der Waals surface area (Å²) in [6.07, 6.45) is 0.975. The van der Waals surface area contributed by atoms with Gasteiger partial charge in [0.05, 0.1) is 5.75 Å². The van der Waals surface area contributed by atoms with Crippen LogP contribution < -0.4 is 4.74 Å². The Balaban J connectivity index is 1.20. The lowest BCUT2D eigenvalue weighted by Crippen LogP contribution is -2.36. The first-order valence-corrected chi connectivity index (χ1v) is 12.2. The Labute approximate surface area is 199 Å². The van der Waals surface area contributed by atoms with Gasteiger partial charge in [-0.05, 0) is 43.5 Å². The third kappa shape index (κ3) is 7.07. The van der Waals surface area contributed by atoms with E-state index in [4.69, 9.17) is 9.15 Å². The quantitative estimate of drug-likeness (QED) is 0.463. The number of ether oxygens (including phenoxy) is 1. The first kappa shape index (κ1) is 23.3. The summed E-state index contributed by atoms with van der Waals surface area (Å²) < 4.78 is 11.3. The van der Waals surface area contributed by atoms with Gasteiger partial charge in [-0.1, -0.05) is 53.7 Å². The van der Waals surface area contributed by atoms with Crippen molar-refractivity contribution in [1.29, 1.82) is 0 Å². The summed E-state index contributed by atoms with van der Waals surface area (Å²) in [4.78, 5) is 17.1. The molecule has 7 nitrogen and oxygen atoms in total. The number of nitrogens with zero attached hydrogens (tertiary/aromatic N) is 4. The van der Waals surface area contributed by atoms with Crippen LogP contribution in [0, 0.1) is 13.8 Å². The summed E-state index contributed by atoms with van der Waals surface area (Å²) in [5.41, 5.74) is 3.71. The molecule has 1 saturated heterocycles. The van der Waals surface area contributed by atoms with Crippen molar-refractivity contribution in [3.63, 3.8) is 0 Å². The molecule has 2 heterocycles. The number of thioether (sulfide) groups is 1. The lowest BCUT2D eigenvalue weighted by Gasteiger charge is -2.22. The van der Waals surface area contributed by atoms with Crippen LogP contribution in [0.15, 0.2) is 58.2 Å². The number of aryl methyl sites for hydroxylation is 2. The molecular weight excluding hydrogens is 436 g/mol. The molecule has 1 aliphatic rings. The van der Waals surface area contributed by atoms with Crippen LogP contribution in [0.3, 0.4) is 0 Å². The summed E-state index contributed by atoms with van der Waals surface area (Å²) in [5, 5.41) is 8.45. The predicted molar refractivity (Wildman–Crippen MR) is 128 cm³/mol. The second-order valence-corrected chi connectivity index (χ2v) is 9.28. The molecule has 33 heavy (non-hydrogen) atoms. The highest BCUT2D eigenvalue weighted by Crippen LogP contribution is 2.19. The number of carbonyl (C=O) groups excluding carboxylic acids is 1. The number of hydrogen-bond donors (Lipinski definition) is 0. The lowest BCUT2D eigenvalue weighted by molar-refractivity contribution is -0.128. The van der Waals surface area contributed by atoms with Crippen molar-refractivity contribution >= 4 is 17.7 Å². The number of amides is 1. The largest absolute Gasteiger partial charge is 0.484 e. The van der Waals surface area contributed by atoms with Crippen molar-refractivity contribution in [1.82, 2.24) is 20.0 Å². The molecule has 0 spiro atoms. The van der Waals surface area contributed by atoms with E-state index >= 15 is 0 Å². The molecule has 4 rings (SSSR count). The third-order valence-electron chi connectivity index (χ3n) is 5.59. The summed E-state index contributed by atoms with van der Waals surface area (Å²) >= 11 is 1.28. The molecule has 1 aliphatic heterocycles. The summed E-state index contributed by atoms with van der Waals surface area (Å²) in [6, 6.07) is 16.5. The second-order valence-electron chi connectivity index (χ2n) is 8.35. The zero-order chi connectivity index (χ0) is 23.0. The molecule has 0 radical (unpaired) electrons. The molecule has 0 unspecified atom stereocenters. The monoisotopic (exact) mass is 466 g/mol. The highest BCUT2D eigenvalue weighted by Gasteiger charge is 2.20. The van der Waals surface area contributed by atoms with Gasteiger partial charge in [-0.3, -0.25) is 9.69 Å². The Bertz CT molecular complexity index is 1050. The standard InChI is InChI=1S/C25H30N4O3S/c1-19-7-9-21(10-8-19)16-28-11-4-12-29(14-13-28)24(30)18-33-25-27-26-23(32-25)17-31-22-6-3-5-20(2)15-22/h3,5-10,15H,4,11-14,16-18H2,1-2H3. The maximum absolute atomic E-state index is 12.7. The molecule has 174 valence electrons. The fourth-order valence-corrected chi connectivity index (χ4v) is 4.43. The number of carbonyl (C=O) groups is 1. The van der Waals surface area contributed by atoms with Gasteiger partial charge in [0.25, 0.3) is 11.1 Å². The first-order chi connectivity index (χ1) is 16.0. The van der Waals surface area contributed by atoms with Gasteiger partial charge in [0, 0.05) is 32.7 Å². The van der Waals surface area contributed by atoms with E-state index in [1.807, 2.05) is 36.1 Å². The number of benzene rings is 2. The third-order valence-corrected chi connectivity index (χ3v) is 6.39. The van der Waals surface area contributed by atoms with Gasteiger partial charge in [-0.15, -0.1) is 10.2 Å². The average molecular weight is 467 g/mol. The second kappa shape index (κ2) is 11.3. The number of hydrogen-bond acceptors (Lipinski definition) is 7. The summed E-state index contributed by atoms with van der Waals surface area (Å²) in [6.45, 7) is 8.64. The fourth-order valence-electron chi connectivity index (χ4n) is 3.75. The van der Waals surface area contributed by atoms with Crippen molar-refractivity contribution in [2.24, 2.45) is 0 Å². The van der Waals surface area contributed by atoms with Crippen LogP contribution in [0.25, 0.3) is 0 Å². The van der Waals surface area contributed by atoms with Gasteiger partial charge >= 0.3 is 0 Å². The van der Waals surface area contributed by atoms with E-state index in [-0.39, 0.29) is 12.5 Å². The van der Waals surface area contributed by atoms with Crippen molar-refractivity contribution < 1.29 is 13.9 Å². The first-order valence-electron chi connectivity index (χ1n) is 11.3. The maximum Gasteiger partial charge on any atom is 0.277 e. The van der Waals surface area contributed by atoms with Crippen LogP contribution in [-0.2, 0) is 17.9 Å². The molecular formula is C25H30N4O3S. The summed E-state index contributed by atoms with van der Waals surface area (Å²) in [7, 11) is 0. The zero-order valence-corrected chi connectivity index (χ0v) is 20.0. The molecule has 1 aromatic heterocycles. The highest BCUT2D eigenvalue weighted by atomic mass is 32.2. The van der Waals surface area contributed by atoms with Crippen LogP contribution in [0.5, 0.6) is 5.75 Å². The van der Waals surface area contributed by atoms with Gasteiger partial charge in [0.1, 0.15) is 5.75 Å². The van der Waals surface area contributed by atoms with E-state index in [0.717, 1.165) is 50.5 Å². The Hall–Kier alpha value is -2.84. The van der Waals surface area contributed by atoms with Crippen molar-refractivity contribution in [3.8, 4) is 5.75 Å². The van der Waals surface area contributed by atoms with Crippen molar-refractivity contribution in [2.45, 2.75) is 38.6 Å². The van der Waals surface area contributed by atoms with Crippen LogP contribution in [0.4, 0.5) is 0 Å². The predicted octanol–water partition coefficient (Wildman–Crippen LogP) is 4.09. The number of rotatable bonds is 8. The van der Waals surface area contributed by atoms with E-state index in [1.165, 1.54) is 22.9 Å². The van der Waals surface area contributed by atoms with E-state index in [2.05, 4.69) is 46.3 Å². The minimum absolute atomic E-state index is 0.105. The molecule has 8 heteroatoms.